The summed E-state index contributed by atoms with van der Waals surface area (Å²) in [5, 5.41) is 8.08. The van der Waals surface area contributed by atoms with Crippen molar-refractivity contribution in [2.75, 3.05) is 7.11 Å². The van der Waals surface area contributed by atoms with Crippen molar-refractivity contribution in [3.05, 3.63) is 48.0 Å². The molecule has 0 saturated carbocycles. The van der Waals surface area contributed by atoms with Gasteiger partial charge in [-0.25, -0.2) is 4.79 Å². The average molecular weight is 339 g/mol. The minimum atomic E-state index is -0.687. The Morgan fingerprint density at radius 1 is 1.00 bits per heavy atom. The zero-order valence-electron chi connectivity index (χ0n) is 14.1. The lowest BCUT2D eigenvalue weighted by atomic mass is 10.2. The largest absolute Gasteiger partial charge is 0.479 e. The molecule has 3 aromatic rings. The standard InChI is InChI=1S/C18H17N3O4/c1-11-4-9-15-16(10-11)20-21-18(19-15)25-14-7-5-13(6-8-14)24-12(2)17(22)23-3/h4-10,12H,1-3H3. The second kappa shape index (κ2) is 7.12. The van der Waals surface area contributed by atoms with Crippen molar-refractivity contribution in [2.45, 2.75) is 20.0 Å². The van der Waals surface area contributed by atoms with Crippen molar-refractivity contribution in [3.8, 4) is 17.5 Å². The van der Waals surface area contributed by atoms with E-state index in [1.54, 1.807) is 31.2 Å². The summed E-state index contributed by atoms with van der Waals surface area (Å²) in [6.07, 6.45) is -0.687. The molecule has 0 bridgehead atoms. The first-order chi connectivity index (χ1) is 12.0. The lowest BCUT2D eigenvalue weighted by molar-refractivity contribution is -0.147. The van der Waals surface area contributed by atoms with E-state index in [0.717, 1.165) is 5.56 Å². The van der Waals surface area contributed by atoms with Crippen LogP contribution >= 0.6 is 0 Å². The number of aryl methyl sites for hydroxylation is 1. The molecule has 128 valence electrons. The normalized spacial score (nSPS) is 11.8. The van der Waals surface area contributed by atoms with Crippen molar-refractivity contribution >= 4 is 17.0 Å². The molecule has 0 spiro atoms. The molecule has 0 aliphatic heterocycles. The molecular formula is C18H17N3O4. The molecular weight excluding hydrogens is 322 g/mol. The number of rotatable bonds is 5. The molecule has 0 saturated heterocycles. The molecule has 1 aromatic heterocycles. The first-order valence-electron chi connectivity index (χ1n) is 7.68. The smallest absolute Gasteiger partial charge is 0.346 e. The number of fused-ring (bicyclic) bond motifs is 1. The topological polar surface area (TPSA) is 83.4 Å². The van der Waals surface area contributed by atoms with Crippen molar-refractivity contribution in [2.24, 2.45) is 0 Å². The second-order valence-corrected chi connectivity index (χ2v) is 5.44. The van der Waals surface area contributed by atoms with Crippen LogP contribution in [0.5, 0.6) is 17.5 Å². The summed E-state index contributed by atoms with van der Waals surface area (Å²) in [6.45, 7) is 3.60. The third-order valence-corrected chi connectivity index (χ3v) is 3.47. The number of esters is 1. The van der Waals surface area contributed by atoms with E-state index in [0.29, 0.717) is 22.5 Å². The van der Waals surface area contributed by atoms with Crippen LogP contribution in [-0.4, -0.2) is 34.4 Å². The molecule has 7 heteroatoms. The Morgan fingerprint density at radius 3 is 2.44 bits per heavy atom. The highest BCUT2D eigenvalue weighted by Gasteiger charge is 2.14. The zero-order chi connectivity index (χ0) is 17.8. The van der Waals surface area contributed by atoms with Crippen molar-refractivity contribution in [1.29, 1.82) is 0 Å². The van der Waals surface area contributed by atoms with Crippen molar-refractivity contribution in [3.63, 3.8) is 0 Å². The zero-order valence-corrected chi connectivity index (χ0v) is 14.1. The van der Waals surface area contributed by atoms with Gasteiger partial charge in [0.05, 0.1) is 12.6 Å². The Morgan fingerprint density at radius 2 is 1.72 bits per heavy atom. The van der Waals surface area contributed by atoms with Crippen LogP contribution < -0.4 is 9.47 Å². The molecule has 0 aliphatic carbocycles. The summed E-state index contributed by atoms with van der Waals surface area (Å²) in [5.74, 6) is 0.621. The van der Waals surface area contributed by atoms with Crippen LogP contribution in [0.2, 0.25) is 0 Å². The Balaban J connectivity index is 1.71. The van der Waals surface area contributed by atoms with Gasteiger partial charge in [-0.05, 0) is 55.8 Å². The number of hydrogen-bond donors (Lipinski definition) is 0. The van der Waals surface area contributed by atoms with Gasteiger partial charge in [-0.1, -0.05) is 11.2 Å². The third-order valence-electron chi connectivity index (χ3n) is 3.47. The number of carbonyl (C=O) groups is 1. The summed E-state index contributed by atoms with van der Waals surface area (Å²) in [4.78, 5) is 15.7. The number of methoxy groups -OCH3 is 1. The van der Waals surface area contributed by atoms with Gasteiger partial charge in [0.1, 0.15) is 17.0 Å². The molecule has 3 rings (SSSR count). The lowest BCUT2D eigenvalue weighted by Gasteiger charge is -2.12. The second-order valence-electron chi connectivity index (χ2n) is 5.44. The predicted octanol–water partition coefficient (Wildman–Crippen LogP) is 3.07. The van der Waals surface area contributed by atoms with E-state index in [9.17, 15) is 4.79 Å². The fourth-order valence-electron chi connectivity index (χ4n) is 2.18. The van der Waals surface area contributed by atoms with E-state index in [4.69, 9.17) is 9.47 Å². The van der Waals surface area contributed by atoms with Crippen LogP contribution in [0.1, 0.15) is 12.5 Å². The van der Waals surface area contributed by atoms with Crippen LogP contribution in [-0.2, 0) is 9.53 Å². The van der Waals surface area contributed by atoms with E-state index in [1.165, 1.54) is 7.11 Å². The Labute approximate surface area is 144 Å². The van der Waals surface area contributed by atoms with Gasteiger partial charge in [0.15, 0.2) is 6.10 Å². The molecule has 0 fully saturated rings. The quantitative estimate of drug-likeness (QED) is 0.661. The maximum absolute atomic E-state index is 11.4. The van der Waals surface area contributed by atoms with Crippen LogP contribution in [0.3, 0.4) is 0 Å². The molecule has 1 heterocycles. The van der Waals surface area contributed by atoms with Gasteiger partial charge in [0, 0.05) is 0 Å². The molecule has 25 heavy (non-hydrogen) atoms. The van der Waals surface area contributed by atoms with Gasteiger partial charge in [-0.3, -0.25) is 0 Å². The number of benzene rings is 2. The monoisotopic (exact) mass is 339 g/mol. The van der Waals surface area contributed by atoms with E-state index < -0.39 is 12.1 Å². The molecule has 1 atom stereocenters. The summed E-state index contributed by atoms with van der Waals surface area (Å²) in [7, 11) is 1.32. The maximum Gasteiger partial charge on any atom is 0.346 e. The number of carbonyl (C=O) groups excluding carboxylic acids is 1. The highest BCUT2D eigenvalue weighted by atomic mass is 16.6. The van der Waals surface area contributed by atoms with Crippen LogP contribution in [0.25, 0.3) is 11.0 Å². The lowest BCUT2D eigenvalue weighted by Crippen LogP contribution is -2.24. The van der Waals surface area contributed by atoms with E-state index in [1.807, 2.05) is 25.1 Å². The number of nitrogens with zero attached hydrogens (tertiary/aromatic N) is 3. The van der Waals surface area contributed by atoms with E-state index in [-0.39, 0.29) is 6.01 Å². The highest BCUT2D eigenvalue weighted by Crippen LogP contribution is 2.23. The Kier molecular flexibility index (Phi) is 4.74. The molecule has 0 radical (unpaired) electrons. The highest BCUT2D eigenvalue weighted by molar-refractivity contribution is 5.75. The molecule has 1 unspecified atom stereocenters. The first kappa shape index (κ1) is 16.6. The maximum atomic E-state index is 11.4. The molecule has 2 aromatic carbocycles. The molecule has 7 nitrogen and oxygen atoms in total. The number of aromatic nitrogens is 3. The van der Waals surface area contributed by atoms with Crippen LogP contribution in [0.15, 0.2) is 42.5 Å². The van der Waals surface area contributed by atoms with Gasteiger partial charge < -0.3 is 14.2 Å². The average Bonchev–Trinajstić information content (AvgIpc) is 2.62. The Bertz CT molecular complexity index is 896. The van der Waals surface area contributed by atoms with Crippen LogP contribution in [0, 0.1) is 6.92 Å². The summed E-state index contributed by atoms with van der Waals surface area (Å²) < 4.78 is 15.7. The van der Waals surface area contributed by atoms with E-state index in [2.05, 4.69) is 19.9 Å². The van der Waals surface area contributed by atoms with Crippen LogP contribution in [0.4, 0.5) is 0 Å². The fourth-order valence-corrected chi connectivity index (χ4v) is 2.18. The SMILES string of the molecule is COC(=O)C(C)Oc1ccc(Oc2nnc3cc(C)ccc3n2)cc1. The van der Waals surface area contributed by atoms with Crippen molar-refractivity contribution in [1.82, 2.24) is 15.2 Å². The molecule has 0 amide bonds. The third kappa shape index (κ3) is 4.00. The number of hydrogen-bond acceptors (Lipinski definition) is 7. The van der Waals surface area contributed by atoms with Gasteiger partial charge >= 0.3 is 12.0 Å². The summed E-state index contributed by atoms with van der Waals surface area (Å²) in [5.41, 5.74) is 2.52. The van der Waals surface area contributed by atoms with Crippen molar-refractivity contribution < 1.29 is 19.0 Å². The summed E-state index contributed by atoms with van der Waals surface area (Å²) >= 11 is 0. The van der Waals surface area contributed by atoms with Gasteiger partial charge in [0.25, 0.3) is 0 Å². The molecule has 0 N–H and O–H groups in total. The minimum absolute atomic E-state index is 0.160. The van der Waals surface area contributed by atoms with Gasteiger partial charge in [-0.15, -0.1) is 5.10 Å². The first-order valence-corrected chi connectivity index (χ1v) is 7.68. The van der Waals surface area contributed by atoms with Gasteiger partial charge in [-0.2, -0.15) is 4.98 Å². The summed E-state index contributed by atoms with van der Waals surface area (Å²) in [6, 6.07) is 12.7. The molecule has 0 aliphatic rings. The van der Waals surface area contributed by atoms with E-state index >= 15 is 0 Å². The Hall–Kier alpha value is -3.22. The predicted molar refractivity (Wildman–Crippen MR) is 90.7 cm³/mol. The fraction of sp³-hybridized carbons (Fsp3) is 0.222. The minimum Gasteiger partial charge on any atom is -0.479 e. The van der Waals surface area contributed by atoms with Gasteiger partial charge in [0.2, 0.25) is 0 Å². The number of ether oxygens (including phenoxy) is 3.